The summed E-state index contributed by atoms with van der Waals surface area (Å²) in [4.78, 5) is 24.5. The summed E-state index contributed by atoms with van der Waals surface area (Å²) < 4.78 is 7.18. The van der Waals surface area contributed by atoms with Crippen molar-refractivity contribution in [3.05, 3.63) is 41.5 Å². The number of methoxy groups -OCH3 is 1. The Morgan fingerprint density at radius 2 is 2.19 bits per heavy atom. The van der Waals surface area contributed by atoms with Crippen LogP contribution in [0.1, 0.15) is 22.0 Å². The molecule has 3 aromatic rings. The number of carbonyl (C=O) groups excluding carboxylic acids is 1. The fourth-order valence-electron chi connectivity index (χ4n) is 3.36. The van der Waals surface area contributed by atoms with Crippen molar-refractivity contribution >= 4 is 16.9 Å². The molecule has 1 amide bonds. The quantitative estimate of drug-likeness (QED) is 0.739. The van der Waals surface area contributed by atoms with Gasteiger partial charge in [0.05, 0.1) is 30.4 Å². The van der Waals surface area contributed by atoms with Crippen LogP contribution >= 0.6 is 0 Å². The molecule has 0 aliphatic carbocycles. The number of imidazole rings is 1. The topological polar surface area (TPSA) is 79.3 Å². The fourth-order valence-corrected chi connectivity index (χ4v) is 3.36. The molecule has 1 N–H and O–H groups in total. The maximum atomic E-state index is 12.7. The molecular formula is C19H24N6O2. The molecule has 1 aromatic carbocycles. The van der Waals surface area contributed by atoms with Gasteiger partial charge in [0, 0.05) is 39.2 Å². The number of H-pyrrole nitrogens is 1. The van der Waals surface area contributed by atoms with E-state index < -0.39 is 0 Å². The lowest BCUT2D eigenvalue weighted by atomic mass is 10.2. The van der Waals surface area contributed by atoms with Crippen molar-refractivity contribution in [2.75, 3.05) is 34.3 Å². The number of amides is 1. The Labute approximate surface area is 157 Å². The summed E-state index contributed by atoms with van der Waals surface area (Å²) in [7, 11) is 5.52. The maximum Gasteiger partial charge on any atom is 0.274 e. The van der Waals surface area contributed by atoms with Crippen molar-refractivity contribution in [3.63, 3.8) is 0 Å². The van der Waals surface area contributed by atoms with Gasteiger partial charge in [-0.05, 0) is 25.2 Å². The highest BCUT2D eigenvalue weighted by Crippen LogP contribution is 2.19. The van der Waals surface area contributed by atoms with Gasteiger partial charge in [0.1, 0.15) is 11.6 Å². The Morgan fingerprint density at radius 1 is 1.33 bits per heavy atom. The monoisotopic (exact) mass is 368 g/mol. The summed E-state index contributed by atoms with van der Waals surface area (Å²) in [6, 6.07) is 7.64. The van der Waals surface area contributed by atoms with Crippen LogP contribution in [0.2, 0.25) is 0 Å². The number of benzene rings is 1. The predicted octanol–water partition coefficient (Wildman–Crippen LogP) is 1.53. The summed E-state index contributed by atoms with van der Waals surface area (Å²) in [6.45, 7) is 3.17. The Hall–Kier alpha value is -2.87. The van der Waals surface area contributed by atoms with Gasteiger partial charge in [0.15, 0.2) is 5.69 Å². The first-order valence-corrected chi connectivity index (χ1v) is 9.07. The standard InChI is InChI=1S/C19H24N6O2/c1-23-8-9-25-13(12-23)10-17(22-25)19(26)24(2)7-6-18-20-15-5-4-14(27-3)11-16(15)21-18/h4-5,10-11H,6-9,12H2,1-3H3,(H,20,21). The first-order valence-electron chi connectivity index (χ1n) is 9.07. The number of hydrogen-bond donors (Lipinski definition) is 1. The third-order valence-electron chi connectivity index (χ3n) is 4.98. The van der Waals surface area contributed by atoms with E-state index in [1.165, 1.54) is 0 Å². The second-order valence-corrected chi connectivity index (χ2v) is 7.03. The highest BCUT2D eigenvalue weighted by molar-refractivity contribution is 5.92. The number of aromatic nitrogens is 4. The predicted molar refractivity (Wildman–Crippen MR) is 102 cm³/mol. The zero-order chi connectivity index (χ0) is 19.0. The number of ether oxygens (including phenoxy) is 1. The zero-order valence-corrected chi connectivity index (χ0v) is 15.9. The maximum absolute atomic E-state index is 12.7. The molecule has 8 heteroatoms. The Balaban J connectivity index is 1.41. The molecule has 0 radical (unpaired) electrons. The first-order chi connectivity index (χ1) is 13.0. The van der Waals surface area contributed by atoms with Crippen LogP contribution in [0.25, 0.3) is 11.0 Å². The number of carbonyl (C=O) groups is 1. The molecule has 27 heavy (non-hydrogen) atoms. The largest absolute Gasteiger partial charge is 0.497 e. The number of nitrogens with zero attached hydrogens (tertiary/aromatic N) is 5. The van der Waals surface area contributed by atoms with E-state index in [9.17, 15) is 4.79 Å². The van der Waals surface area contributed by atoms with Crippen LogP contribution in [0.15, 0.2) is 24.3 Å². The first kappa shape index (κ1) is 17.5. The van der Waals surface area contributed by atoms with Crippen molar-refractivity contribution in [1.29, 1.82) is 0 Å². The summed E-state index contributed by atoms with van der Waals surface area (Å²) in [6.07, 6.45) is 0.648. The van der Waals surface area contributed by atoms with Gasteiger partial charge in [0.25, 0.3) is 5.91 Å². The van der Waals surface area contributed by atoms with E-state index >= 15 is 0 Å². The van der Waals surface area contributed by atoms with Crippen LogP contribution in [-0.4, -0.2) is 69.8 Å². The minimum absolute atomic E-state index is 0.0580. The van der Waals surface area contributed by atoms with Crippen LogP contribution in [0.4, 0.5) is 0 Å². The third kappa shape index (κ3) is 3.52. The van der Waals surface area contributed by atoms with Crippen LogP contribution in [0.3, 0.4) is 0 Å². The second-order valence-electron chi connectivity index (χ2n) is 7.03. The van der Waals surface area contributed by atoms with Crippen molar-refractivity contribution < 1.29 is 9.53 Å². The Bertz CT molecular complexity index is 976. The Kier molecular flexibility index (Phi) is 4.57. The summed E-state index contributed by atoms with van der Waals surface area (Å²) in [5.74, 6) is 1.58. The molecule has 0 saturated carbocycles. The molecule has 1 aliphatic heterocycles. The van der Waals surface area contributed by atoms with Gasteiger partial charge in [0.2, 0.25) is 0 Å². The van der Waals surface area contributed by atoms with Crippen LogP contribution < -0.4 is 4.74 Å². The average Bonchev–Trinajstić information content (AvgIpc) is 3.27. The SMILES string of the molecule is COc1ccc2nc(CCN(C)C(=O)c3cc4n(n3)CCN(C)C4)[nH]c2c1. The highest BCUT2D eigenvalue weighted by atomic mass is 16.5. The molecule has 1 aliphatic rings. The second kappa shape index (κ2) is 7.03. The lowest BCUT2D eigenvalue weighted by Crippen LogP contribution is -2.31. The van der Waals surface area contributed by atoms with Crippen LogP contribution in [0.5, 0.6) is 5.75 Å². The highest BCUT2D eigenvalue weighted by Gasteiger charge is 2.21. The number of nitrogens with one attached hydrogen (secondary N) is 1. The van der Waals surface area contributed by atoms with Gasteiger partial charge in [-0.25, -0.2) is 4.98 Å². The van der Waals surface area contributed by atoms with Gasteiger partial charge in [-0.3, -0.25) is 14.4 Å². The molecule has 142 valence electrons. The molecular weight excluding hydrogens is 344 g/mol. The van der Waals surface area contributed by atoms with Gasteiger partial charge in [-0.1, -0.05) is 0 Å². The Morgan fingerprint density at radius 3 is 3.00 bits per heavy atom. The van der Waals surface area contributed by atoms with E-state index in [-0.39, 0.29) is 5.91 Å². The average molecular weight is 368 g/mol. The van der Waals surface area contributed by atoms with Crippen molar-refractivity contribution in [2.24, 2.45) is 0 Å². The van der Waals surface area contributed by atoms with E-state index in [1.54, 1.807) is 19.1 Å². The normalized spacial score (nSPS) is 14.3. The van der Waals surface area contributed by atoms with Crippen LogP contribution in [-0.2, 0) is 19.5 Å². The van der Waals surface area contributed by atoms with Crippen LogP contribution in [0, 0.1) is 0 Å². The number of hydrogen-bond acceptors (Lipinski definition) is 5. The van der Waals surface area contributed by atoms with Gasteiger partial charge in [-0.2, -0.15) is 5.10 Å². The molecule has 8 nitrogen and oxygen atoms in total. The van der Waals surface area contributed by atoms with E-state index in [2.05, 4.69) is 27.0 Å². The molecule has 0 saturated heterocycles. The number of likely N-dealkylation sites (N-methyl/N-ethyl adjacent to an activating group) is 2. The fraction of sp³-hybridized carbons (Fsp3) is 0.421. The van der Waals surface area contributed by atoms with Crippen molar-refractivity contribution in [3.8, 4) is 5.75 Å². The van der Waals surface area contributed by atoms with Gasteiger partial charge >= 0.3 is 0 Å². The lowest BCUT2D eigenvalue weighted by Gasteiger charge is -2.22. The van der Waals surface area contributed by atoms with E-state index in [0.29, 0.717) is 18.7 Å². The minimum Gasteiger partial charge on any atom is -0.497 e. The minimum atomic E-state index is -0.0580. The van der Waals surface area contributed by atoms with Gasteiger partial charge < -0.3 is 14.6 Å². The molecule has 2 aromatic heterocycles. The molecule has 0 spiro atoms. The summed E-state index contributed by atoms with van der Waals surface area (Å²) in [5.41, 5.74) is 3.43. The molecule has 4 rings (SSSR count). The molecule has 0 fully saturated rings. The number of fused-ring (bicyclic) bond motifs is 2. The van der Waals surface area contributed by atoms with Crippen molar-refractivity contribution in [2.45, 2.75) is 19.5 Å². The smallest absolute Gasteiger partial charge is 0.274 e. The van der Waals surface area contributed by atoms with E-state index in [1.807, 2.05) is 28.9 Å². The number of aromatic amines is 1. The van der Waals surface area contributed by atoms with Crippen molar-refractivity contribution in [1.82, 2.24) is 29.5 Å². The molecule has 0 bridgehead atoms. The molecule has 0 atom stereocenters. The summed E-state index contributed by atoms with van der Waals surface area (Å²) in [5, 5.41) is 4.48. The van der Waals surface area contributed by atoms with Gasteiger partial charge in [-0.15, -0.1) is 0 Å². The third-order valence-corrected chi connectivity index (χ3v) is 4.98. The molecule has 0 unspecified atom stereocenters. The summed E-state index contributed by atoms with van der Waals surface area (Å²) >= 11 is 0. The zero-order valence-electron chi connectivity index (χ0n) is 15.9. The lowest BCUT2D eigenvalue weighted by molar-refractivity contribution is 0.0789. The number of rotatable bonds is 5. The van der Waals surface area contributed by atoms with E-state index in [4.69, 9.17) is 4.74 Å². The van der Waals surface area contributed by atoms with E-state index in [0.717, 1.165) is 47.9 Å². The molecule has 3 heterocycles.